The Hall–Kier alpha value is -2.93. The first-order valence-corrected chi connectivity index (χ1v) is 8.80. The van der Waals surface area contributed by atoms with Crippen molar-refractivity contribution in [2.45, 2.75) is 19.9 Å². The summed E-state index contributed by atoms with van der Waals surface area (Å²) in [6, 6.07) is 8.61. The lowest BCUT2D eigenvalue weighted by Crippen LogP contribution is -2.23. The molecule has 1 saturated heterocycles. The van der Waals surface area contributed by atoms with Gasteiger partial charge in [0.1, 0.15) is 11.4 Å². The molecule has 1 aromatic heterocycles. The first-order chi connectivity index (χ1) is 13.0. The molecule has 0 radical (unpaired) electrons. The van der Waals surface area contributed by atoms with Crippen molar-refractivity contribution < 1.29 is 24.2 Å². The van der Waals surface area contributed by atoms with Crippen LogP contribution in [0.5, 0.6) is 5.75 Å². The maximum atomic E-state index is 12.3. The molecule has 0 aliphatic carbocycles. The summed E-state index contributed by atoms with van der Waals surface area (Å²) in [6.07, 6.45) is 2.25. The number of aryl methyl sites for hydroxylation is 1. The number of amides is 1. The molecule has 7 heteroatoms. The van der Waals surface area contributed by atoms with Gasteiger partial charge >= 0.3 is 5.97 Å². The lowest BCUT2D eigenvalue weighted by atomic mass is 10.1. The number of carbonyl (C=O) groups is 2. The van der Waals surface area contributed by atoms with Crippen LogP contribution in [0.15, 0.2) is 36.5 Å². The Balaban J connectivity index is 1.62. The highest BCUT2D eigenvalue weighted by Crippen LogP contribution is 2.22. The number of ether oxygens (including phenoxy) is 2. The lowest BCUT2D eigenvalue weighted by molar-refractivity contribution is 0.0689. The molecule has 1 fully saturated rings. The molecule has 2 heterocycles. The molecule has 2 N–H and O–H groups in total. The zero-order chi connectivity index (χ0) is 19.2. The highest BCUT2D eigenvalue weighted by Gasteiger charge is 2.17. The van der Waals surface area contributed by atoms with Crippen LogP contribution in [0.4, 0.5) is 0 Å². The largest absolute Gasteiger partial charge is 0.493 e. The summed E-state index contributed by atoms with van der Waals surface area (Å²) in [5, 5.41) is 11.7. The van der Waals surface area contributed by atoms with Crippen LogP contribution in [0, 0.1) is 12.8 Å². The molecule has 1 amide bonds. The van der Waals surface area contributed by atoms with Gasteiger partial charge in [0.15, 0.2) is 0 Å². The average molecular weight is 370 g/mol. The minimum atomic E-state index is -1.13. The van der Waals surface area contributed by atoms with E-state index < -0.39 is 5.97 Å². The zero-order valence-corrected chi connectivity index (χ0v) is 15.1. The normalized spacial score (nSPS) is 16.1. The summed E-state index contributed by atoms with van der Waals surface area (Å²) in [4.78, 5) is 26.9. The molecule has 3 rings (SSSR count). The van der Waals surface area contributed by atoms with Crippen LogP contribution in [-0.2, 0) is 11.3 Å². The SMILES string of the molecule is Cc1ccc(CNC(=O)c2ccc(C(=O)O)nc2)c(OC[C@H]2CCOC2)c1. The fraction of sp³-hybridized carbons (Fsp3) is 0.350. The molecule has 0 spiro atoms. The molecule has 2 aromatic rings. The van der Waals surface area contributed by atoms with Gasteiger partial charge in [0.05, 0.1) is 18.8 Å². The van der Waals surface area contributed by atoms with E-state index in [0.29, 0.717) is 24.6 Å². The minimum absolute atomic E-state index is 0.100. The van der Waals surface area contributed by atoms with Crippen molar-refractivity contribution in [3.8, 4) is 5.75 Å². The quantitative estimate of drug-likeness (QED) is 0.777. The first kappa shape index (κ1) is 18.8. The van der Waals surface area contributed by atoms with Gasteiger partial charge in [0.25, 0.3) is 5.91 Å². The molecule has 1 atom stereocenters. The number of nitrogens with zero attached hydrogens (tertiary/aromatic N) is 1. The number of hydrogen-bond acceptors (Lipinski definition) is 5. The fourth-order valence-corrected chi connectivity index (χ4v) is 2.80. The van der Waals surface area contributed by atoms with E-state index in [4.69, 9.17) is 14.6 Å². The van der Waals surface area contributed by atoms with Gasteiger partial charge in [0, 0.05) is 30.8 Å². The van der Waals surface area contributed by atoms with E-state index in [2.05, 4.69) is 10.3 Å². The summed E-state index contributed by atoms with van der Waals surface area (Å²) in [5.74, 6) is -0.306. The summed E-state index contributed by atoms with van der Waals surface area (Å²) in [5.41, 5.74) is 2.16. The van der Waals surface area contributed by atoms with Gasteiger partial charge in [0.2, 0.25) is 0 Å². The Kier molecular flexibility index (Phi) is 6.03. The Morgan fingerprint density at radius 2 is 2.19 bits per heavy atom. The summed E-state index contributed by atoms with van der Waals surface area (Å²) < 4.78 is 11.3. The number of hydrogen-bond donors (Lipinski definition) is 2. The molecular weight excluding hydrogens is 348 g/mol. The standard InChI is InChI=1S/C20H22N2O5/c1-13-2-3-15(18(8-13)27-12-14-6-7-26-11-14)9-22-19(23)16-4-5-17(20(24)25)21-10-16/h2-5,8,10,14H,6-7,9,11-12H2,1H3,(H,22,23)(H,24,25)/t14-/m0/s1. The Labute approximate surface area is 157 Å². The smallest absolute Gasteiger partial charge is 0.354 e. The summed E-state index contributed by atoms with van der Waals surface area (Å²) >= 11 is 0. The average Bonchev–Trinajstić information content (AvgIpc) is 3.19. The predicted octanol–water partition coefficient (Wildman–Crippen LogP) is 2.43. The monoisotopic (exact) mass is 370 g/mol. The van der Waals surface area contributed by atoms with Crippen LogP contribution >= 0.6 is 0 Å². The molecule has 27 heavy (non-hydrogen) atoms. The molecule has 7 nitrogen and oxygen atoms in total. The number of aromatic nitrogens is 1. The van der Waals surface area contributed by atoms with Crippen LogP contribution in [0.25, 0.3) is 0 Å². The van der Waals surface area contributed by atoms with E-state index in [9.17, 15) is 9.59 Å². The van der Waals surface area contributed by atoms with Crippen LogP contribution in [0.3, 0.4) is 0 Å². The van der Waals surface area contributed by atoms with Gasteiger partial charge in [-0.3, -0.25) is 4.79 Å². The number of carboxylic acids is 1. The lowest BCUT2D eigenvalue weighted by Gasteiger charge is -2.15. The molecule has 142 valence electrons. The van der Waals surface area contributed by atoms with Crippen molar-refractivity contribution in [2.75, 3.05) is 19.8 Å². The van der Waals surface area contributed by atoms with Crippen molar-refractivity contribution in [1.29, 1.82) is 0 Å². The maximum absolute atomic E-state index is 12.3. The Morgan fingerprint density at radius 3 is 2.85 bits per heavy atom. The van der Waals surface area contributed by atoms with Crippen molar-refractivity contribution in [3.63, 3.8) is 0 Å². The number of rotatable bonds is 7. The van der Waals surface area contributed by atoms with E-state index in [1.165, 1.54) is 18.3 Å². The van der Waals surface area contributed by atoms with Gasteiger partial charge in [-0.05, 0) is 37.1 Å². The zero-order valence-electron chi connectivity index (χ0n) is 15.1. The third kappa shape index (κ3) is 5.04. The van der Waals surface area contributed by atoms with Gasteiger partial charge in [-0.15, -0.1) is 0 Å². The second-order valence-corrected chi connectivity index (χ2v) is 6.57. The highest BCUT2D eigenvalue weighted by atomic mass is 16.5. The third-order valence-electron chi connectivity index (χ3n) is 4.41. The van der Waals surface area contributed by atoms with Gasteiger partial charge < -0.3 is 19.9 Å². The highest BCUT2D eigenvalue weighted by molar-refractivity contribution is 5.94. The number of benzene rings is 1. The van der Waals surface area contributed by atoms with Crippen molar-refractivity contribution >= 4 is 11.9 Å². The van der Waals surface area contributed by atoms with Crippen molar-refractivity contribution in [2.24, 2.45) is 5.92 Å². The Morgan fingerprint density at radius 1 is 1.33 bits per heavy atom. The second kappa shape index (κ2) is 8.64. The van der Waals surface area contributed by atoms with Crippen molar-refractivity contribution in [3.05, 3.63) is 58.9 Å². The van der Waals surface area contributed by atoms with Crippen LogP contribution in [-0.4, -0.2) is 41.8 Å². The molecule has 0 bridgehead atoms. The maximum Gasteiger partial charge on any atom is 0.354 e. The summed E-state index contributed by atoms with van der Waals surface area (Å²) in [6.45, 7) is 4.38. The van der Waals surface area contributed by atoms with Gasteiger partial charge in [-0.1, -0.05) is 12.1 Å². The van der Waals surface area contributed by atoms with Crippen LogP contribution in [0.2, 0.25) is 0 Å². The number of pyridine rings is 1. The van der Waals surface area contributed by atoms with Gasteiger partial charge in [-0.25, -0.2) is 9.78 Å². The molecule has 0 saturated carbocycles. The minimum Gasteiger partial charge on any atom is -0.493 e. The van der Waals surface area contributed by atoms with E-state index in [1.54, 1.807) is 0 Å². The summed E-state index contributed by atoms with van der Waals surface area (Å²) in [7, 11) is 0. The number of carbonyl (C=O) groups excluding carboxylic acids is 1. The van der Waals surface area contributed by atoms with Gasteiger partial charge in [-0.2, -0.15) is 0 Å². The molecule has 1 aromatic carbocycles. The third-order valence-corrected chi connectivity index (χ3v) is 4.41. The number of aromatic carboxylic acids is 1. The second-order valence-electron chi connectivity index (χ2n) is 6.57. The number of carboxylic acid groups (broad SMARTS) is 1. The topological polar surface area (TPSA) is 97.8 Å². The first-order valence-electron chi connectivity index (χ1n) is 8.80. The Bertz CT molecular complexity index is 814. The van der Waals surface area contributed by atoms with E-state index in [0.717, 1.165) is 36.5 Å². The van der Waals surface area contributed by atoms with Crippen LogP contribution in [0.1, 0.15) is 38.4 Å². The van der Waals surface area contributed by atoms with Crippen molar-refractivity contribution in [1.82, 2.24) is 10.3 Å². The molecule has 0 unspecified atom stereocenters. The van der Waals surface area contributed by atoms with Crippen LogP contribution < -0.4 is 10.1 Å². The number of nitrogens with one attached hydrogen (secondary N) is 1. The van der Waals surface area contributed by atoms with E-state index >= 15 is 0 Å². The van der Waals surface area contributed by atoms with E-state index in [1.807, 2.05) is 25.1 Å². The predicted molar refractivity (Wildman–Crippen MR) is 98.0 cm³/mol. The molecule has 1 aliphatic rings. The fourth-order valence-electron chi connectivity index (χ4n) is 2.80. The molecule has 1 aliphatic heterocycles. The van der Waals surface area contributed by atoms with E-state index in [-0.39, 0.29) is 11.6 Å². The molecular formula is C20H22N2O5.